The number of nitrogens with one attached hydrogen (secondary N) is 3. The average molecular weight is 488 g/mol. The van der Waals surface area contributed by atoms with Crippen LogP contribution in [0, 0.1) is 25.2 Å². The third kappa shape index (κ3) is 5.32. The number of aryl methyl sites for hydroxylation is 2. The van der Waals surface area contributed by atoms with Gasteiger partial charge in [0, 0.05) is 53.3 Å². The first-order valence-corrected chi connectivity index (χ1v) is 12.4. The lowest BCUT2D eigenvalue weighted by molar-refractivity contribution is 0.313. The van der Waals surface area contributed by atoms with Crippen molar-refractivity contribution in [2.45, 2.75) is 20.4 Å². The van der Waals surface area contributed by atoms with Gasteiger partial charge in [0.1, 0.15) is 18.4 Å². The number of nitriles is 1. The number of hydrogen-bond donors (Lipinski definition) is 3. The molecule has 0 saturated heterocycles. The van der Waals surface area contributed by atoms with E-state index < -0.39 is 0 Å². The van der Waals surface area contributed by atoms with Gasteiger partial charge in [-0.2, -0.15) is 5.26 Å². The van der Waals surface area contributed by atoms with Gasteiger partial charge in [-0.05, 0) is 60.9 Å². The monoisotopic (exact) mass is 487 g/mol. The van der Waals surface area contributed by atoms with Crippen LogP contribution in [0.4, 0.5) is 11.4 Å². The Morgan fingerprint density at radius 3 is 2.57 bits per heavy atom. The first-order chi connectivity index (χ1) is 18.1. The minimum Gasteiger partial charge on any atom is -0.492 e. The van der Waals surface area contributed by atoms with Crippen LogP contribution in [-0.4, -0.2) is 23.1 Å². The molecule has 2 heterocycles. The number of aromatic amines is 1. The number of ether oxygens (including phenoxy) is 1. The van der Waals surface area contributed by atoms with Gasteiger partial charge >= 0.3 is 0 Å². The van der Waals surface area contributed by atoms with E-state index in [9.17, 15) is 5.26 Å². The molecule has 6 heteroatoms. The van der Waals surface area contributed by atoms with Crippen molar-refractivity contribution in [3.05, 3.63) is 108 Å². The van der Waals surface area contributed by atoms with Crippen LogP contribution in [0.15, 0.2) is 85.2 Å². The molecule has 0 saturated carbocycles. The number of hydrogen-bond acceptors (Lipinski definition) is 5. The van der Waals surface area contributed by atoms with E-state index in [2.05, 4.69) is 51.8 Å². The molecular formula is C31H29N5O. The summed E-state index contributed by atoms with van der Waals surface area (Å²) < 4.78 is 5.94. The number of nitrogens with zero attached hydrogens (tertiary/aromatic N) is 2. The Hall–Kier alpha value is -4.60. The molecule has 2 aromatic heterocycles. The van der Waals surface area contributed by atoms with Crippen LogP contribution >= 0.6 is 0 Å². The van der Waals surface area contributed by atoms with Gasteiger partial charge in [0.25, 0.3) is 0 Å². The van der Waals surface area contributed by atoms with Crippen molar-refractivity contribution >= 4 is 22.3 Å². The Balaban J connectivity index is 1.33. The van der Waals surface area contributed by atoms with Crippen LogP contribution in [-0.2, 0) is 6.54 Å². The van der Waals surface area contributed by atoms with Crippen LogP contribution in [0.1, 0.15) is 22.4 Å². The number of aromatic nitrogens is 2. The molecule has 0 radical (unpaired) electrons. The third-order valence-electron chi connectivity index (χ3n) is 6.51. The second kappa shape index (κ2) is 11.0. The van der Waals surface area contributed by atoms with Gasteiger partial charge in [0.15, 0.2) is 0 Å². The zero-order chi connectivity index (χ0) is 25.6. The van der Waals surface area contributed by atoms with E-state index in [1.54, 1.807) is 6.20 Å². The molecule has 0 atom stereocenters. The lowest BCUT2D eigenvalue weighted by Crippen LogP contribution is -2.20. The third-order valence-corrected chi connectivity index (χ3v) is 6.51. The summed E-state index contributed by atoms with van der Waals surface area (Å²) in [5.74, 6) is 0.801. The fraction of sp³-hybridized carbons (Fsp3) is 0.161. The number of pyridine rings is 1. The van der Waals surface area contributed by atoms with E-state index in [0.717, 1.165) is 63.5 Å². The zero-order valence-electron chi connectivity index (χ0n) is 21.0. The van der Waals surface area contributed by atoms with E-state index >= 15 is 0 Å². The van der Waals surface area contributed by atoms with Gasteiger partial charge in [0.05, 0.1) is 11.3 Å². The molecule has 3 N–H and O–H groups in total. The number of fused-ring (bicyclic) bond motifs is 1. The Labute approximate surface area is 217 Å². The number of rotatable bonds is 9. The summed E-state index contributed by atoms with van der Waals surface area (Å²) in [6, 6.07) is 26.7. The Bertz CT molecular complexity index is 1550. The molecule has 184 valence electrons. The second-order valence-corrected chi connectivity index (χ2v) is 8.96. The summed E-state index contributed by atoms with van der Waals surface area (Å²) in [5.41, 5.74) is 8.39. The van der Waals surface area contributed by atoms with Crippen LogP contribution in [0.25, 0.3) is 22.0 Å². The highest BCUT2D eigenvalue weighted by atomic mass is 16.5. The lowest BCUT2D eigenvalue weighted by atomic mass is 9.99. The minimum atomic E-state index is 0.499. The Kier molecular flexibility index (Phi) is 7.16. The van der Waals surface area contributed by atoms with E-state index in [0.29, 0.717) is 12.2 Å². The average Bonchev–Trinajstić information content (AvgIpc) is 3.41. The van der Waals surface area contributed by atoms with Crippen LogP contribution < -0.4 is 15.4 Å². The van der Waals surface area contributed by atoms with Gasteiger partial charge in [-0.15, -0.1) is 0 Å². The molecule has 0 aliphatic heterocycles. The first-order valence-electron chi connectivity index (χ1n) is 12.4. The number of benzene rings is 3. The van der Waals surface area contributed by atoms with Gasteiger partial charge in [-0.25, -0.2) is 0 Å². The Morgan fingerprint density at radius 1 is 0.973 bits per heavy atom. The minimum absolute atomic E-state index is 0.499. The van der Waals surface area contributed by atoms with E-state index in [1.807, 2.05) is 67.7 Å². The largest absolute Gasteiger partial charge is 0.492 e. The van der Waals surface area contributed by atoms with Crippen LogP contribution in [0.5, 0.6) is 5.75 Å². The maximum Gasteiger partial charge on any atom is 0.119 e. The molecule has 6 nitrogen and oxygen atoms in total. The molecule has 0 unspecified atom stereocenters. The van der Waals surface area contributed by atoms with E-state index in [4.69, 9.17) is 4.74 Å². The second-order valence-electron chi connectivity index (χ2n) is 8.96. The quantitative estimate of drug-likeness (QED) is 0.203. The standard InChI is InChI=1S/C31H29N5O/c1-21-27-14-15-34-29(27)13-12-28(21)36-31-25(18-32)20-35-22(2)30(31)24-8-10-26(11-9-24)37-17-16-33-19-23-6-4-3-5-7-23/h3-15,20,33-34H,16-17,19H2,1-2H3,(H,35,36). The summed E-state index contributed by atoms with van der Waals surface area (Å²) >= 11 is 0. The summed E-state index contributed by atoms with van der Waals surface area (Å²) in [6.07, 6.45) is 3.57. The molecule has 0 fully saturated rings. The van der Waals surface area contributed by atoms with Crippen LogP contribution in [0.2, 0.25) is 0 Å². The predicted octanol–water partition coefficient (Wildman–Crippen LogP) is 6.63. The van der Waals surface area contributed by atoms with Crippen molar-refractivity contribution in [2.75, 3.05) is 18.5 Å². The number of H-pyrrole nitrogens is 1. The van der Waals surface area contributed by atoms with Gasteiger partial charge < -0.3 is 20.4 Å². The van der Waals surface area contributed by atoms with Gasteiger partial charge in [0.2, 0.25) is 0 Å². The summed E-state index contributed by atoms with van der Waals surface area (Å²) in [5, 5.41) is 18.0. The molecule has 3 aromatic carbocycles. The zero-order valence-corrected chi connectivity index (χ0v) is 21.0. The molecule has 0 aliphatic carbocycles. The highest BCUT2D eigenvalue weighted by Crippen LogP contribution is 2.37. The lowest BCUT2D eigenvalue weighted by Gasteiger charge is -2.18. The van der Waals surface area contributed by atoms with Crippen LogP contribution in [0.3, 0.4) is 0 Å². The molecule has 5 rings (SSSR count). The maximum atomic E-state index is 9.86. The normalized spacial score (nSPS) is 10.8. The van der Waals surface area contributed by atoms with Crippen molar-refractivity contribution in [3.8, 4) is 22.9 Å². The molecule has 0 bridgehead atoms. The topological polar surface area (TPSA) is 85.8 Å². The molecule has 0 spiro atoms. The molecule has 0 amide bonds. The Morgan fingerprint density at radius 2 is 1.78 bits per heavy atom. The highest BCUT2D eigenvalue weighted by molar-refractivity contribution is 5.92. The molecule has 0 aliphatic rings. The fourth-order valence-electron chi connectivity index (χ4n) is 4.52. The maximum absolute atomic E-state index is 9.86. The smallest absolute Gasteiger partial charge is 0.119 e. The van der Waals surface area contributed by atoms with Crippen molar-refractivity contribution in [2.24, 2.45) is 0 Å². The summed E-state index contributed by atoms with van der Waals surface area (Å²) in [7, 11) is 0. The van der Waals surface area contributed by atoms with Gasteiger partial charge in [-0.1, -0.05) is 42.5 Å². The van der Waals surface area contributed by atoms with E-state index in [-0.39, 0.29) is 0 Å². The number of anilines is 2. The van der Waals surface area contributed by atoms with E-state index in [1.165, 1.54) is 5.56 Å². The predicted molar refractivity (Wildman–Crippen MR) is 149 cm³/mol. The summed E-state index contributed by atoms with van der Waals surface area (Å²) in [6.45, 7) is 6.19. The summed E-state index contributed by atoms with van der Waals surface area (Å²) in [4.78, 5) is 7.75. The highest BCUT2D eigenvalue weighted by Gasteiger charge is 2.16. The SMILES string of the molecule is Cc1ncc(C#N)c(Nc2ccc3[nH]ccc3c2C)c1-c1ccc(OCCNCc2ccccc2)cc1. The van der Waals surface area contributed by atoms with Crippen molar-refractivity contribution in [1.29, 1.82) is 5.26 Å². The fourth-order valence-corrected chi connectivity index (χ4v) is 4.52. The first kappa shape index (κ1) is 24.1. The molecular weight excluding hydrogens is 458 g/mol. The van der Waals surface area contributed by atoms with Gasteiger partial charge in [-0.3, -0.25) is 4.98 Å². The van der Waals surface area contributed by atoms with Crippen molar-refractivity contribution < 1.29 is 4.74 Å². The van der Waals surface area contributed by atoms with Crippen molar-refractivity contribution in [3.63, 3.8) is 0 Å². The van der Waals surface area contributed by atoms with Crippen molar-refractivity contribution in [1.82, 2.24) is 15.3 Å². The molecule has 5 aromatic rings. The molecule has 37 heavy (non-hydrogen) atoms.